The van der Waals surface area contributed by atoms with Crippen LogP contribution in [0.25, 0.3) is 0 Å². The molecule has 5 nitrogen and oxygen atoms in total. The Bertz CT molecular complexity index is 590. The molecule has 0 unspecified atom stereocenters. The SMILES string of the molecule is COC(=O)N(C)Cc1ccc(B2OC(C)(C)C(C)(C)O2)cc1F. The Hall–Kier alpha value is -1.60. The minimum Gasteiger partial charge on any atom is -0.453 e. The maximum absolute atomic E-state index is 14.3. The van der Waals surface area contributed by atoms with Gasteiger partial charge in [-0.05, 0) is 39.2 Å². The monoisotopic (exact) mass is 323 g/mol. The molecule has 0 spiro atoms. The Morgan fingerprint density at radius 2 is 1.83 bits per heavy atom. The second-order valence-corrected chi connectivity index (χ2v) is 6.77. The van der Waals surface area contributed by atoms with Crippen molar-refractivity contribution >= 4 is 18.7 Å². The first-order chi connectivity index (χ1) is 10.6. The normalized spacial score (nSPS) is 18.8. The summed E-state index contributed by atoms with van der Waals surface area (Å²) in [7, 11) is 2.23. The van der Waals surface area contributed by atoms with Gasteiger partial charge in [-0.3, -0.25) is 0 Å². The summed E-state index contributed by atoms with van der Waals surface area (Å²) >= 11 is 0. The number of halogens is 1. The molecule has 1 aromatic carbocycles. The fraction of sp³-hybridized carbons (Fsp3) is 0.562. The van der Waals surface area contributed by atoms with E-state index in [-0.39, 0.29) is 6.54 Å². The zero-order chi connectivity index (χ0) is 17.4. The Labute approximate surface area is 136 Å². The van der Waals surface area contributed by atoms with Crippen molar-refractivity contribution in [2.24, 2.45) is 0 Å². The lowest BCUT2D eigenvalue weighted by molar-refractivity contribution is 0.00578. The lowest BCUT2D eigenvalue weighted by Crippen LogP contribution is -2.41. The van der Waals surface area contributed by atoms with Crippen molar-refractivity contribution in [2.45, 2.75) is 45.4 Å². The number of carbonyl (C=O) groups excluding carboxylic acids is 1. The summed E-state index contributed by atoms with van der Waals surface area (Å²) in [6, 6.07) is 4.78. The van der Waals surface area contributed by atoms with Gasteiger partial charge in [0, 0.05) is 12.6 Å². The van der Waals surface area contributed by atoms with E-state index in [2.05, 4.69) is 4.74 Å². The van der Waals surface area contributed by atoms with Crippen LogP contribution in [0.3, 0.4) is 0 Å². The smallest absolute Gasteiger partial charge is 0.453 e. The van der Waals surface area contributed by atoms with Gasteiger partial charge in [-0.2, -0.15) is 0 Å². The van der Waals surface area contributed by atoms with Gasteiger partial charge in [0.15, 0.2) is 0 Å². The van der Waals surface area contributed by atoms with Crippen LogP contribution in [0.2, 0.25) is 0 Å². The second kappa shape index (κ2) is 6.13. The van der Waals surface area contributed by atoms with E-state index in [1.807, 2.05) is 27.7 Å². The molecule has 0 radical (unpaired) electrons. The summed E-state index contributed by atoms with van der Waals surface area (Å²) in [6.07, 6.45) is -0.514. The highest BCUT2D eigenvalue weighted by Crippen LogP contribution is 2.36. The van der Waals surface area contributed by atoms with Gasteiger partial charge in [-0.1, -0.05) is 12.1 Å². The number of hydrogen-bond acceptors (Lipinski definition) is 4. The number of carbonyl (C=O) groups is 1. The fourth-order valence-corrected chi connectivity index (χ4v) is 2.29. The Balaban J connectivity index is 2.16. The zero-order valence-electron chi connectivity index (χ0n) is 14.5. The topological polar surface area (TPSA) is 48.0 Å². The lowest BCUT2D eigenvalue weighted by atomic mass is 9.78. The van der Waals surface area contributed by atoms with E-state index >= 15 is 0 Å². The van der Waals surface area contributed by atoms with Gasteiger partial charge in [0.1, 0.15) is 5.82 Å². The van der Waals surface area contributed by atoms with Crippen LogP contribution in [0.4, 0.5) is 9.18 Å². The minimum atomic E-state index is -0.609. The molecule has 1 amide bonds. The predicted molar refractivity (Wildman–Crippen MR) is 86.0 cm³/mol. The van der Waals surface area contributed by atoms with E-state index in [1.165, 1.54) is 18.1 Å². The van der Waals surface area contributed by atoms with Crippen LogP contribution in [-0.4, -0.2) is 43.5 Å². The van der Waals surface area contributed by atoms with Crippen molar-refractivity contribution in [1.29, 1.82) is 0 Å². The van der Waals surface area contributed by atoms with Crippen LogP contribution < -0.4 is 5.46 Å². The fourth-order valence-electron chi connectivity index (χ4n) is 2.29. The molecule has 1 aliphatic rings. The van der Waals surface area contributed by atoms with Crippen LogP contribution in [0, 0.1) is 5.82 Å². The van der Waals surface area contributed by atoms with Gasteiger partial charge in [-0.15, -0.1) is 0 Å². The molecule has 0 aromatic heterocycles. The summed E-state index contributed by atoms with van der Waals surface area (Å²) in [5, 5.41) is 0. The van der Waals surface area contributed by atoms with E-state index in [0.29, 0.717) is 11.0 Å². The highest BCUT2D eigenvalue weighted by Gasteiger charge is 2.51. The number of benzene rings is 1. The van der Waals surface area contributed by atoms with Crippen molar-refractivity contribution in [3.8, 4) is 0 Å². The summed E-state index contributed by atoms with van der Waals surface area (Å²) < 4.78 is 30.7. The number of methoxy groups -OCH3 is 1. The first-order valence-corrected chi connectivity index (χ1v) is 7.50. The largest absolute Gasteiger partial charge is 0.494 e. The number of ether oxygens (including phenoxy) is 1. The molecule has 0 bridgehead atoms. The van der Waals surface area contributed by atoms with Gasteiger partial charge in [0.25, 0.3) is 0 Å². The third-order valence-electron chi connectivity index (χ3n) is 4.50. The molecule has 0 atom stereocenters. The summed E-state index contributed by atoms with van der Waals surface area (Å²) in [6.45, 7) is 7.92. The first-order valence-electron chi connectivity index (χ1n) is 7.50. The molecular formula is C16H23BFNO4. The molecule has 1 fully saturated rings. The molecule has 0 aliphatic carbocycles. The average molecular weight is 323 g/mol. The van der Waals surface area contributed by atoms with Gasteiger partial charge in [-0.25, -0.2) is 9.18 Å². The van der Waals surface area contributed by atoms with E-state index in [0.717, 1.165) is 0 Å². The molecule has 0 saturated carbocycles. The van der Waals surface area contributed by atoms with Gasteiger partial charge < -0.3 is 18.9 Å². The molecule has 126 valence electrons. The average Bonchev–Trinajstić information content (AvgIpc) is 2.68. The third kappa shape index (κ3) is 3.51. The Morgan fingerprint density at radius 1 is 1.26 bits per heavy atom. The van der Waals surface area contributed by atoms with Crippen LogP contribution in [0.5, 0.6) is 0 Å². The molecule has 7 heteroatoms. The molecule has 1 aliphatic heterocycles. The third-order valence-corrected chi connectivity index (χ3v) is 4.50. The summed E-state index contributed by atoms with van der Waals surface area (Å²) in [5.74, 6) is -0.409. The number of hydrogen-bond donors (Lipinski definition) is 0. The van der Waals surface area contributed by atoms with E-state index in [4.69, 9.17) is 9.31 Å². The van der Waals surface area contributed by atoms with Crippen LogP contribution in [-0.2, 0) is 20.6 Å². The van der Waals surface area contributed by atoms with Crippen LogP contribution in [0.15, 0.2) is 18.2 Å². The number of amides is 1. The molecule has 23 heavy (non-hydrogen) atoms. The van der Waals surface area contributed by atoms with Crippen LogP contribution >= 0.6 is 0 Å². The molecule has 1 saturated heterocycles. The first kappa shape index (κ1) is 17.8. The number of rotatable bonds is 3. The Kier molecular flexibility index (Phi) is 4.73. The van der Waals surface area contributed by atoms with E-state index in [1.54, 1.807) is 19.2 Å². The molecule has 1 heterocycles. The quantitative estimate of drug-likeness (QED) is 0.801. The maximum atomic E-state index is 14.3. The zero-order valence-corrected chi connectivity index (χ0v) is 14.5. The lowest BCUT2D eigenvalue weighted by Gasteiger charge is -2.32. The highest BCUT2D eigenvalue weighted by molar-refractivity contribution is 6.62. The van der Waals surface area contributed by atoms with E-state index < -0.39 is 30.2 Å². The van der Waals surface area contributed by atoms with Crippen LogP contribution in [0.1, 0.15) is 33.3 Å². The van der Waals surface area contributed by atoms with Crippen molar-refractivity contribution in [2.75, 3.05) is 14.2 Å². The van der Waals surface area contributed by atoms with Crippen molar-refractivity contribution in [3.05, 3.63) is 29.6 Å². The summed E-state index contributed by atoms with van der Waals surface area (Å²) in [5.41, 5.74) is 0.0688. The second-order valence-electron chi connectivity index (χ2n) is 6.77. The summed E-state index contributed by atoms with van der Waals surface area (Å²) in [4.78, 5) is 12.7. The number of nitrogens with zero attached hydrogens (tertiary/aromatic N) is 1. The molecule has 2 rings (SSSR count). The van der Waals surface area contributed by atoms with Crippen molar-refractivity contribution in [1.82, 2.24) is 4.90 Å². The maximum Gasteiger partial charge on any atom is 0.494 e. The molecule has 1 aromatic rings. The molecular weight excluding hydrogens is 300 g/mol. The van der Waals surface area contributed by atoms with Gasteiger partial charge in [0.05, 0.1) is 24.9 Å². The van der Waals surface area contributed by atoms with Gasteiger partial charge >= 0.3 is 13.2 Å². The Morgan fingerprint density at radius 3 is 2.30 bits per heavy atom. The van der Waals surface area contributed by atoms with Gasteiger partial charge in [0.2, 0.25) is 0 Å². The van der Waals surface area contributed by atoms with Crippen molar-refractivity contribution < 1.29 is 23.2 Å². The van der Waals surface area contributed by atoms with E-state index in [9.17, 15) is 9.18 Å². The molecule has 0 N–H and O–H groups in total. The highest BCUT2D eigenvalue weighted by atomic mass is 19.1. The standard InChI is InChI=1S/C16H23BFNO4/c1-15(2)16(3,4)23-17(22-15)12-8-7-11(13(18)9-12)10-19(5)14(20)21-6/h7-9H,10H2,1-6H3. The predicted octanol–water partition coefficient (Wildman–Crippen LogP) is 2.32. The van der Waals surface area contributed by atoms with Crippen molar-refractivity contribution in [3.63, 3.8) is 0 Å². The minimum absolute atomic E-state index is 0.127.